The molecule has 0 aliphatic rings. The van der Waals surface area contributed by atoms with Crippen LogP contribution in [0.1, 0.15) is 6.92 Å². The van der Waals surface area contributed by atoms with E-state index in [2.05, 4.69) is 10.3 Å². The highest BCUT2D eigenvalue weighted by Gasteiger charge is 2.20. The molecule has 1 aromatic rings. The van der Waals surface area contributed by atoms with Gasteiger partial charge in [0, 0.05) is 18.7 Å². The lowest BCUT2D eigenvalue weighted by Gasteiger charge is -2.12. The first-order valence-electron chi connectivity index (χ1n) is 5.24. The van der Waals surface area contributed by atoms with Gasteiger partial charge in [0.05, 0.1) is 9.95 Å². The highest BCUT2D eigenvalue weighted by atomic mass is 35.5. The summed E-state index contributed by atoms with van der Waals surface area (Å²) in [6.45, 7) is 1.21. The Kier molecular flexibility index (Phi) is 5.71. The van der Waals surface area contributed by atoms with Gasteiger partial charge in [-0.3, -0.25) is 14.9 Å². The Labute approximate surface area is 122 Å². The van der Waals surface area contributed by atoms with Crippen LogP contribution in [0.4, 0.5) is 5.69 Å². The number of nitro groups is 1. The Morgan fingerprint density at radius 3 is 2.75 bits per heavy atom. The minimum atomic E-state index is -1.19. The fourth-order valence-corrected chi connectivity index (χ4v) is 2.40. The summed E-state index contributed by atoms with van der Waals surface area (Å²) in [4.78, 5) is 35.4. The number of halogens is 1. The smallest absolute Gasteiger partial charge is 0.327 e. The van der Waals surface area contributed by atoms with E-state index in [1.165, 1.54) is 6.92 Å². The van der Waals surface area contributed by atoms with E-state index in [9.17, 15) is 19.7 Å². The average Bonchev–Trinajstić information content (AvgIpc) is 2.34. The first kappa shape index (κ1) is 16.2. The molecule has 1 rings (SSSR count). The van der Waals surface area contributed by atoms with Crippen LogP contribution in [0.15, 0.2) is 17.3 Å². The molecule has 0 aliphatic carbocycles. The van der Waals surface area contributed by atoms with Gasteiger partial charge in [-0.25, -0.2) is 9.78 Å². The summed E-state index contributed by atoms with van der Waals surface area (Å²) in [6, 6.07) is 0.0379. The molecule has 1 aromatic heterocycles. The van der Waals surface area contributed by atoms with Gasteiger partial charge in [-0.05, 0) is 0 Å². The van der Waals surface area contributed by atoms with Crippen molar-refractivity contribution in [2.45, 2.75) is 18.0 Å². The van der Waals surface area contributed by atoms with Crippen LogP contribution in [0.25, 0.3) is 0 Å². The van der Waals surface area contributed by atoms with E-state index < -0.39 is 22.8 Å². The fraction of sp³-hybridized carbons (Fsp3) is 0.300. The molecule has 0 saturated heterocycles. The molecule has 20 heavy (non-hydrogen) atoms. The van der Waals surface area contributed by atoms with E-state index >= 15 is 0 Å². The molecule has 0 aliphatic heterocycles. The first-order chi connectivity index (χ1) is 9.31. The van der Waals surface area contributed by atoms with Gasteiger partial charge >= 0.3 is 5.97 Å². The maximum absolute atomic E-state index is 10.9. The second kappa shape index (κ2) is 7.06. The Morgan fingerprint density at radius 2 is 2.30 bits per heavy atom. The third kappa shape index (κ3) is 4.67. The van der Waals surface area contributed by atoms with Crippen molar-refractivity contribution in [2.24, 2.45) is 0 Å². The standard InChI is InChI=1S/C10H10ClN3O5S/c1-5(15)13-8(10(16)17)4-20-9-7(11)2-6(3-12-9)14(18)19/h2-3,8H,4H2,1H3,(H,13,15)(H,16,17). The second-order valence-electron chi connectivity index (χ2n) is 3.64. The third-order valence-corrected chi connectivity index (χ3v) is 3.57. The van der Waals surface area contributed by atoms with Crippen molar-refractivity contribution in [2.75, 3.05) is 5.75 Å². The Bertz CT molecular complexity index is 554. The lowest BCUT2D eigenvalue weighted by atomic mass is 10.3. The number of amides is 1. The van der Waals surface area contributed by atoms with E-state index in [1.807, 2.05) is 0 Å². The van der Waals surface area contributed by atoms with Crippen molar-refractivity contribution in [3.8, 4) is 0 Å². The van der Waals surface area contributed by atoms with E-state index in [0.29, 0.717) is 0 Å². The summed E-state index contributed by atoms with van der Waals surface area (Å²) in [5, 5.41) is 22.0. The number of thioether (sulfide) groups is 1. The lowest BCUT2D eigenvalue weighted by Crippen LogP contribution is -2.41. The molecule has 10 heteroatoms. The number of hydrogen-bond acceptors (Lipinski definition) is 6. The molecule has 1 atom stereocenters. The van der Waals surface area contributed by atoms with E-state index in [1.54, 1.807) is 0 Å². The van der Waals surface area contributed by atoms with Crippen molar-refractivity contribution < 1.29 is 19.6 Å². The molecule has 0 saturated carbocycles. The second-order valence-corrected chi connectivity index (χ2v) is 5.06. The highest BCUT2D eigenvalue weighted by Crippen LogP contribution is 2.28. The Morgan fingerprint density at radius 1 is 1.65 bits per heavy atom. The number of hydrogen-bond donors (Lipinski definition) is 2. The van der Waals surface area contributed by atoms with Crippen molar-refractivity contribution in [3.05, 3.63) is 27.4 Å². The maximum Gasteiger partial charge on any atom is 0.327 e. The number of aromatic nitrogens is 1. The number of pyridine rings is 1. The molecular formula is C10H10ClN3O5S. The Hall–Kier alpha value is -1.87. The quantitative estimate of drug-likeness (QED) is 0.460. The lowest BCUT2D eigenvalue weighted by molar-refractivity contribution is -0.385. The van der Waals surface area contributed by atoms with Crippen LogP contribution in [0, 0.1) is 10.1 Å². The molecule has 0 fully saturated rings. The predicted octanol–water partition coefficient (Wildman–Crippen LogP) is 1.32. The normalized spacial score (nSPS) is 11.7. The summed E-state index contributed by atoms with van der Waals surface area (Å²) in [7, 11) is 0. The van der Waals surface area contributed by atoms with E-state index in [0.717, 1.165) is 24.0 Å². The summed E-state index contributed by atoms with van der Waals surface area (Å²) < 4.78 is 0. The van der Waals surface area contributed by atoms with Gasteiger partial charge in [0.15, 0.2) is 0 Å². The zero-order valence-corrected chi connectivity index (χ0v) is 11.8. The third-order valence-electron chi connectivity index (χ3n) is 2.07. The number of carboxylic acids is 1. The SMILES string of the molecule is CC(=O)NC(CSc1ncc([N+](=O)[O-])cc1Cl)C(=O)O. The molecule has 1 unspecified atom stereocenters. The predicted molar refractivity (Wildman–Crippen MR) is 71.9 cm³/mol. The van der Waals surface area contributed by atoms with Crippen molar-refractivity contribution >= 4 is 40.9 Å². The molecule has 0 aromatic carbocycles. The van der Waals surface area contributed by atoms with E-state index in [4.69, 9.17) is 16.7 Å². The summed E-state index contributed by atoms with van der Waals surface area (Å²) in [5.74, 6) is -1.66. The van der Waals surface area contributed by atoms with Crippen LogP contribution in [-0.2, 0) is 9.59 Å². The Balaban J connectivity index is 2.75. The highest BCUT2D eigenvalue weighted by molar-refractivity contribution is 7.99. The van der Waals surface area contributed by atoms with Crippen molar-refractivity contribution in [1.29, 1.82) is 0 Å². The number of nitrogens with zero attached hydrogens (tertiary/aromatic N) is 2. The summed E-state index contributed by atoms with van der Waals surface area (Å²) in [6.07, 6.45) is 1.03. The molecule has 0 radical (unpaired) electrons. The molecule has 0 bridgehead atoms. The van der Waals surface area contributed by atoms with Gasteiger partial charge in [0.1, 0.15) is 17.3 Å². The molecule has 1 amide bonds. The number of carboxylic acid groups (broad SMARTS) is 1. The van der Waals surface area contributed by atoms with Crippen molar-refractivity contribution in [1.82, 2.24) is 10.3 Å². The van der Waals surface area contributed by atoms with Crippen LogP contribution in [0.3, 0.4) is 0 Å². The molecule has 108 valence electrons. The van der Waals surface area contributed by atoms with Crippen LogP contribution in [-0.4, -0.2) is 38.7 Å². The number of nitrogens with one attached hydrogen (secondary N) is 1. The average molecular weight is 320 g/mol. The van der Waals surface area contributed by atoms with Gasteiger partial charge in [0.2, 0.25) is 5.91 Å². The summed E-state index contributed by atoms with van der Waals surface area (Å²) in [5.41, 5.74) is -0.254. The molecule has 0 spiro atoms. The van der Waals surface area contributed by atoms with E-state index in [-0.39, 0.29) is 21.5 Å². The fourth-order valence-electron chi connectivity index (χ4n) is 1.20. The number of carbonyl (C=O) groups excluding carboxylic acids is 1. The van der Waals surface area contributed by atoms with Crippen molar-refractivity contribution in [3.63, 3.8) is 0 Å². The minimum Gasteiger partial charge on any atom is -0.480 e. The monoisotopic (exact) mass is 319 g/mol. The number of carbonyl (C=O) groups is 2. The molecule has 1 heterocycles. The zero-order valence-electron chi connectivity index (χ0n) is 10.2. The molecular weight excluding hydrogens is 310 g/mol. The molecule has 2 N–H and O–H groups in total. The van der Waals surface area contributed by atoms with Gasteiger partial charge in [-0.2, -0.15) is 0 Å². The van der Waals surface area contributed by atoms with Crippen LogP contribution in [0.2, 0.25) is 5.02 Å². The topological polar surface area (TPSA) is 122 Å². The first-order valence-corrected chi connectivity index (χ1v) is 6.60. The van der Waals surface area contributed by atoms with Gasteiger partial charge in [-0.1, -0.05) is 11.6 Å². The van der Waals surface area contributed by atoms with Crippen LogP contribution < -0.4 is 5.32 Å². The maximum atomic E-state index is 10.9. The van der Waals surface area contributed by atoms with Crippen LogP contribution >= 0.6 is 23.4 Å². The largest absolute Gasteiger partial charge is 0.480 e. The number of rotatable bonds is 6. The van der Waals surface area contributed by atoms with Crippen LogP contribution in [0.5, 0.6) is 0 Å². The zero-order chi connectivity index (χ0) is 15.3. The van der Waals surface area contributed by atoms with Gasteiger partial charge in [0.25, 0.3) is 5.69 Å². The molecule has 8 nitrogen and oxygen atoms in total. The van der Waals surface area contributed by atoms with Gasteiger partial charge < -0.3 is 10.4 Å². The van der Waals surface area contributed by atoms with Gasteiger partial charge in [-0.15, -0.1) is 11.8 Å². The summed E-state index contributed by atoms with van der Waals surface area (Å²) >= 11 is 6.80. The minimum absolute atomic E-state index is 0.000551. The number of aliphatic carboxylic acids is 1.